The lowest BCUT2D eigenvalue weighted by atomic mass is 10.1. The summed E-state index contributed by atoms with van der Waals surface area (Å²) < 4.78 is 10.5. The first-order valence-corrected chi connectivity index (χ1v) is 8.32. The molecule has 1 aromatic carbocycles. The SMILES string of the molecule is COc1ccc(CN(C)CC(=O)NC(=O)NCCC(C)C)cc1OC. The Morgan fingerprint density at radius 3 is 2.44 bits per heavy atom. The van der Waals surface area contributed by atoms with Crippen LogP contribution >= 0.6 is 0 Å². The molecule has 2 N–H and O–H groups in total. The summed E-state index contributed by atoms with van der Waals surface area (Å²) in [7, 11) is 4.98. The van der Waals surface area contributed by atoms with Crippen LogP contribution in [0.25, 0.3) is 0 Å². The smallest absolute Gasteiger partial charge is 0.321 e. The molecule has 3 amide bonds. The Labute approximate surface area is 149 Å². The predicted molar refractivity (Wildman–Crippen MR) is 96.9 cm³/mol. The van der Waals surface area contributed by atoms with E-state index in [0.717, 1.165) is 12.0 Å². The van der Waals surface area contributed by atoms with E-state index in [2.05, 4.69) is 24.5 Å². The number of hydrogen-bond donors (Lipinski definition) is 2. The van der Waals surface area contributed by atoms with Gasteiger partial charge in [-0.2, -0.15) is 0 Å². The molecule has 0 atom stereocenters. The minimum atomic E-state index is -0.454. The van der Waals surface area contributed by atoms with E-state index in [4.69, 9.17) is 9.47 Å². The van der Waals surface area contributed by atoms with Gasteiger partial charge in [-0.25, -0.2) is 4.79 Å². The first kappa shape index (κ1) is 20.8. The summed E-state index contributed by atoms with van der Waals surface area (Å²) in [6.45, 7) is 5.37. The van der Waals surface area contributed by atoms with Gasteiger partial charge in [0.2, 0.25) is 5.91 Å². The second-order valence-corrected chi connectivity index (χ2v) is 6.35. The molecule has 0 heterocycles. The summed E-state index contributed by atoms with van der Waals surface area (Å²) in [6.07, 6.45) is 0.876. The van der Waals surface area contributed by atoms with Crippen molar-refractivity contribution >= 4 is 11.9 Å². The maximum absolute atomic E-state index is 11.9. The summed E-state index contributed by atoms with van der Waals surface area (Å²) >= 11 is 0. The van der Waals surface area contributed by atoms with Gasteiger partial charge in [-0.15, -0.1) is 0 Å². The lowest BCUT2D eigenvalue weighted by Crippen LogP contribution is -2.44. The first-order valence-electron chi connectivity index (χ1n) is 8.32. The van der Waals surface area contributed by atoms with E-state index in [9.17, 15) is 9.59 Å². The fourth-order valence-electron chi connectivity index (χ4n) is 2.28. The monoisotopic (exact) mass is 351 g/mol. The zero-order valence-electron chi connectivity index (χ0n) is 15.7. The molecule has 0 unspecified atom stereocenters. The average Bonchev–Trinajstić information content (AvgIpc) is 2.53. The van der Waals surface area contributed by atoms with Gasteiger partial charge in [-0.05, 0) is 37.1 Å². The molecule has 7 nitrogen and oxygen atoms in total. The molecule has 0 aliphatic heterocycles. The fraction of sp³-hybridized carbons (Fsp3) is 0.556. The standard InChI is InChI=1S/C18H29N3O4/c1-13(2)8-9-19-18(23)20-17(22)12-21(3)11-14-6-7-15(24-4)16(10-14)25-5/h6-7,10,13H,8-9,11-12H2,1-5H3,(H2,19,20,22,23). The summed E-state index contributed by atoms with van der Waals surface area (Å²) in [5, 5.41) is 5.01. The third-order valence-corrected chi connectivity index (χ3v) is 3.57. The van der Waals surface area contributed by atoms with Crippen LogP contribution in [0.2, 0.25) is 0 Å². The van der Waals surface area contributed by atoms with Crippen LogP contribution in [0.4, 0.5) is 4.79 Å². The Bertz CT molecular complexity index is 575. The van der Waals surface area contributed by atoms with E-state index in [1.165, 1.54) is 0 Å². The van der Waals surface area contributed by atoms with Crippen LogP contribution in [0, 0.1) is 5.92 Å². The highest BCUT2D eigenvalue weighted by molar-refractivity contribution is 5.95. The molecule has 25 heavy (non-hydrogen) atoms. The number of benzene rings is 1. The Morgan fingerprint density at radius 1 is 1.16 bits per heavy atom. The Kier molecular flexibility index (Phi) is 8.77. The van der Waals surface area contributed by atoms with E-state index in [-0.39, 0.29) is 12.5 Å². The van der Waals surface area contributed by atoms with Gasteiger partial charge >= 0.3 is 6.03 Å². The maximum Gasteiger partial charge on any atom is 0.321 e. The van der Waals surface area contributed by atoms with Gasteiger partial charge in [0.1, 0.15) is 0 Å². The zero-order valence-corrected chi connectivity index (χ0v) is 15.7. The van der Waals surface area contributed by atoms with Gasteiger partial charge in [-0.3, -0.25) is 15.0 Å². The number of hydrogen-bond acceptors (Lipinski definition) is 5. The van der Waals surface area contributed by atoms with Gasteiger partial charge in [0.25, 0.3) is 0 Å². The molecule has 0 saturated carbocycles. The number of amides is 3. The molecular weight excluding hydrogens is 322 g/mol. The molecule has 140 valence electrons. The van der Waals surface area contributed by atoms with Gasteiger partial charge in [0.15, 0.2) is 11.5 Å². The summed E-state index contributed by atoms with van der Waals surface area (Å²) in [6, 6.07) is 5.15. The lowest BCUT2D eigenvalue weighted by molar-refractivity contribution is -0.120. The van der Waals surface area contributed by atoms with Crippen LogP contribution < -0.4 is 20.1 Å². The minimum absolute atomic E-state index is 0.117. The summed E-state index contributed by atoms with van der Waals surface area (Å²) in [4.78, 5) is 25.4. The number of nitrogens with one attached hydrogen (secondary N) is 2. The van der Waals surface area contributed by atoms with Gasteiger partial charge in [-0.1, -0.05) is 19.9 Å². The van der Waals surface area contributed by atoms with E-state index >= 15 is 0 Å². The van der Waals surface area contributed by atoms with Crippen molar-refractivity contribution in [2.45, 2.75) is 26.8 Å². The van der Waals surface area contributed by atoms with Crippen molar-refractivity contribution in [2.24, 2.45) is 5.92 Å². The topological polar surface area (TPSA) is 79.9 Å². The average molecular weight is 351 g/mol. The van der Waals surface area contributed by atoms with Crippen LogP contribution in [0.3, 0.4) is 0 Å². The summed E-state index contributed by atoms with van der Waals surface area (Å²) in [5.41, 5.74) is 0.981. The van der Waals surface area contributed by atoms with Crippen LogP contribution in [-0.4, -0.2) is 51.2 Å². The number of carbonyl (C=O) groups excluding carboxylic acids is 2. The van der Waals surface area contributed by atoms with Crippen LogP contribution in [0.5, 0.6) is 11.5 Å². The van der Waals surface area contributed by atoms with Crippen LogP contribution in [0.1, 0.15) is 25.8 Å². The van der Waals surface area contributed by atoms with Gasteiger partial charge < -0.3 is 14.8 Å². The van der Waals surface area contributed by atoms with Crippen molar-refractivity contribution in [3.05, 3.63) is 23.8 Å². The second kappa shape index (κ2) is 10.6. The highest BCUT2D eigenvalue weighted by atomic mass is 16.5. The first-order chi connectivity index (χ1) is 11.8. The largest absolute Gasteiger partial charge is 0.493 e. The van der Waals surface area contributed by atoms with E-state index in [0.29, 0.717) is 30.5 Å². The highest BCUT2D eigenvalue weighted by Gasteiger charge is 2.12. The summed E-state index contributed by atoms with van der Waals surface area (Å²) in [5.74, 6) is 1.46. The molecular formula is C18H29N3O4. The Morgan fingerprint density at radius 2 is 1.84 bits per heavy atom. The highest BCUT2D eigenvalue weighted by Crippen LogP contribution is 2.27. The lowest BCUT2D eigenvalue weighted by Gasteiger charge is -2.17. The molecule has 1 aromatic rings. The molecule has 0 fully saturated rings. The number of likely N-dealkylation sites (N-methyl/N-ethyl adjacent to an activating group) is 1. The number of imide groups is 1. The molecule has 0 aliphatic carbocycles. The van der Waals surface area contributed by atoms with Crippen molar-refractivity contribution in [3.8, 4) is 11.5 Å². The van der Waals surface area contributed by atoms with Gasteiger partial charge in [0.05, 0.1) is 20.8 Å². The minimum Gasteiger partial charge on any atom is -0.493 e. The Hall–Kier alpha value is -2.28. The number of methoxy groups -OCH3 is 2. The van der Waals surface area contributed by atoms with Crippen molar-refractivity contribution in [1.82, 2.24) is 15.5 Å². The maximum atomic E-state index is 11.9. The number of ether oxygens (including phenoxy) is 2. The van der Waals surface area contributed by atoms with E-state index < -0.39 is 6.03 Å². The fourth-order valence-corrected chi connectivity index (χ4v) is 2.28. The number of rotatable bonds is 9. The normalized spacial score (nSPS) is 10.7. The molecule has 7 heteroatoms. The molecule has 0 spiro atoms. The molecule has 0 saturated heterocycles. The van der Waals surface area contributed by atoms with Crippen molar-refractivity contribution < 1.29 is 19.1 Å². The third-order valence-electron chi connectivity index (χ3n) is 3.57. The van der Waals surface area contributed by atoms with E-state index in [1.54, 1.807) is 14.2 Å². The second-order valence-electron chi connectivity index (χ2n) is 6.35. The quantitative estimate of drug-likeness (QED) is 0.711. The number of urea groups is 1. The van der Waals surface area contributed by atoms with Crippen molar-refractivity contribution in [3.63, 3.8) is 0 Å². The zero-order chi connectivity index (χ0) is 18.8. The molecule has 0 aromatic heterocycles. The Balaban J connectivity index is 2.44. The van der Waals surface area contributed by atoms with Crippen molar-refractivity contribution in [2.75, 3.05) is 34.4 Å². The van der Waals surface area contributed by atoms with E-state index in [1.807, 2.05) is 30.1 Å². The molecule has 0 aliphatic rings. The van der Waals surface area contributed by atoms with Crippen LogP contribution in [0.15, 0.2) is 18.2 Å². The van der Waals surface area contributed by atoms with Crippen molar-refractivity contribution in [1.29, 1.82) is 0 Å². The predicted octanol–water partition coefficient (Wildman–Crippen LogP) is 2.01. The van der Waals surface area contributed by atoms with Crippen LogP contribution in [-0.2, 0) is 11.3 Å². The number of carbonyl (C=O) groups is 2. The molecule has 1 rings (SSSR count). The number of nitrogens with zero attached hydrogens (tertiary/aromatic N) is 1. The molecule has 0 bridgehead atoms. The van der Waals surface area contributed by atoms with Gasteiger partial charge in [0, 0.05) is 13.1 Å². The molecule has 0 radical (unpaired) electrons. The third kappa shape index (κ3) is 7.89.